The van der Waals surface area contributed by atoms with Crippen molar-refractivity contribution in [2.75, 3.05) is 0 Å². The predicted molar refractivity (Wildman–Crippen MR) is 48.2 cm³/mol. The normalized spacial score (nSPS) is 10.0. The highest BCUT2D eigenvalue weighted by Gasteiger charge is 2.03. The summed E-state index contributed by atoms with van der Waals surface area (Å²) in [4.78, 5) is 1.36. The van der Waals surface area contributed by atoms with Gasteiger partial charge in [0.1, 0.15) is 5.82 Å². The topological polar surface area (TPSA) is 0 Å². The first kappa shape index (κ1) is 8.30. The molecular formula is C6H5FS3. The molecule has 0 aromatic heterocycles. The molecule has 0 unspecified atom stereocenters. The van der Waals surface area contributed by atoms with Crippen LogP contribution in [0.25, 0.3) is 0 Å². The van der Waals surface area contributed by atoms with Gasteiger partial charge < -0.3 is 0 Å². The molecular weight excluding hydrogens is 187 g/mol. The molecule has 0 heterocycles. The lowest BCUT2D eigenvalue weighted by Gasteiger charge is -2.00. The molecule has 10 heavy (non-hydrogen) atoms. The van der Waals surface area contributed by atoms with Gasteiger partial charge in [-0.1, -0.05) is 0 Å². The third kappa shape index (κ3) is 1.44. The van der Waals surface area contributed by atoms with Crippen LogP contribution in [0.15, 0.2) is 26.8 Å². The van der Waals surface area contributed by atoms with Crippen LogP contribution in [0, 0.1) is 5.82 Å². The second kappa shape index (κ2) is 3.07. The third-order valence-corrected chi connectivity index (χ3v) is 2.71. The molecule has 0 aliphatic heterocycles. The Morgan fingerprint density at radius 3 is 2.10 bits per heavy atom. The van der Waals surface area contributed by atoms with Gasteiger partial charge in [0.05, 0.1) is 4.90 Å². The standard InChI is InChI=1S/C6H5FS3/c7-3-1-2-4(8)6(10)5(3)9/h1-2,8-10H. The summed E-state index contributed by atoms with van der Waals surface area (Å²) >= 11 is 11.9. The van der Waals surface area contributed by atoms with Gasteiger partial charge in [-0.25, -0.2) is 4.39 Å². The zero-order valence-electron chi connectivity index (χ0n) is 4.87. The molecule has 1 rings (SSSR count). The van der Waals surface area contributed by atoms with Crippen LogP contribution in [0.5, 0.6) is 0 Å². The fraction of sp³-hybridized carbons (Fsp3) is 0. The van der Waals surface area contributed by atoms with Crippen molar-refractivity contribution in [2.45, 2.75) is 14.7 Å². The highest BCUT2D eigenvalue weighted by molar-refractivity contribution is 7.85. The molecule has 0 amide bonds. The van der Waals surface area contributed by atoms with Crippen molar-refractivity contribution in [3.8, 4) is 0 Å². The molecule has 1 aromatic rings. The van der Waals surface area contributed by atoms with Crippen LogP contribution in [0.2, 0.25) is 0 Å². The molecule has 0 N–H and O–H groups in total. The average molecular weight is 192 g/mol. The molecule has 0 atom stereocenters. The lowest BCUT2D eigenvalue weighted by atomic mass is 10.3. The van der Waals surface area contributed by atoms with Crippen LogP contribution in [-0.2, 0) is 0 Å². The van der Waals surface area contributed by atoms with E-state index in [4.69, 9.17) is 0 Å². The van der Waals surface area contributed by atoms with E-state index in [1.807, 2.05) is 0 Å². The minimum Gasteiger partial charge on any atom is -0.206 e. The Morgan fingerprint density at radius 1 is 1.00 bits per heavy atom. The summed E-state index contributed by atoms with van der Waals surface area (Å²) in [5.74, 6) is -0.369. The van der Waals surface area contributed by atoms with Crippen molar-refractivity contribution in [3.63, 3.8) is 0 Å². The van der Waals surface area contributed by atoms with Crippen LogP contribution in [-0.4, -0.2) is 0 Å². The quantitative estimate of drug-likeness (QED) is 0.517. The molecule has 0 spiro atoms. The highest BCUT2D eigenvalue weighted by atomic mass is 32.1. The Balaban J connectivity index is 3.34. The van der Waals surface area contributed by atoms with Crippen molar-refractivity contribution in [1.82, 2.24) is 0 Å². The first-order valence-electron chi connectivity index (χ1n) is 2.52. The number of thiol groups is 3. The van der Waals surface area contributed by atoms with E-state index in [1.165, 1.54) is 6.07 Å². The van der Waals surface area contributed by atoms with E-state index in [0.29, 0.717) is 9.79 Å². The van der Waals surface area contributed by atoms with Crippen LogP contribution >= 0.6 is 37.9 Å². The largest absolute Gasteiger partial charge is 0.206 e. The van der Waals surface area contributed by atoms with E-state index in [9.17, 15) is 4.39 Å². The fourth-order valence-corrected chi connectivity index (χ4v) is 1.20. The Kier molecular flexibility index (Phi) is 2.55. The smallest absolute Gasteiger partial charge is 0.137 e. The van der Waals surface area contributed by atoms with Gasteiger partial charge in [0.15, 0.2) is 0 Å². The van der Waals surface area contributed by atoms with Gasteiger partial charge >= 0.3 is 0 Å². The molecule has 0 aliphatic rings. The van der Waals surface area contributed by atoms with Gasteiger partial charge in [0.25, 0.3) is 0 Å². The van der Waals surface area contributed by atoms with Gasteiger partial charge in [-0.2, -0.15) is 0 Å². The predicted octanol–water partition coefficient (Wildman–Crippen LogP) is 2.69. The van der Waals surface area contributed by atoms with Crippen molar-refractivity contribution < 1.29 is 4.39 Å². The number of hydrogen-bond donors (Lipinski definition) is 3. The van der Waals surface area contributed by atoms with Crippen molar-refractivity contribution in [2.24, 2.45) is 0 Å². The Hall–Kier alpha value is 0.200. The van der Waals surface area contributed by atoms with Gasteiger partial charge in [0, 0.05) is 9.79 Å². The molecule has 0 fully saturated rings. The van der Waals surface area contributed by atoms with Crippen LogP contribution in [0.3, 0.4) is 0 Å². The Bertz CT molecular complexity index is 232. The molecule has 1 aromatic carbocycles. The summed E-state index contributed by atoms with van der Waals surface area (Å²) in [5, 5.41) is 0. The number of hydrogen-bond acceptors (Lipinski definition) is 3. The number of halogens is 1. The van der Waals surface area contributed by atoms with E-state index in [0.717, 1.165) is 0 Å². The summed E-state index contributed by atoms with van der Waals surface area (Å²) in [6, 6.07) is 2.85. The molecule has 0 nitrogen and oxygen atoms in total. The number of benzene rings is 1. The lowest BCUT2D eigenvalue weighted by molar-refractivity contribution is 0.591. The summed E-state index contributed by atoms with van der Waals surface area (Å²) in [7, 11) is 0. The van der Waals surface area contributed by atoms with Crippen molar-refractivity contribution in [1.29, 1.82) is 0 Å². The number of rotatable bonds is 0. The molecule has 0 saturated carbocycles. The maximum absolute atomic E-state index is 12.6. The first-order valence-corrected chi connectivity index (χ1v) is 3.86. The Labute approximate surface area is 75.1 Å². The molecule has 0 bridgehead atoms. The second-order valence-corrected chi connectivity index (χ2v) is 3.14. The van der Waals surface area contributed by atoms with E-state index in [2.05, 4.69) is 37.9 Å². The minimum atomic E-state index is -0.369. The summed E-state index contributed by atoms with van der Waals surface area (Å²) < 4.78 is 12.6. The van der Waals surface area contributed by atoms with E-state index < -0.39 is 0 Å². The minimum absolute atomic E-state index is 0.246. The van der Waals surface area contributed by atoms with Gasteiger partial charge in [-0.05, 0) is 12.1 Å². The highest BCUT2D eigenvalue weighted by Crippen LogP contribution is 2.27. The molecule has 54 valence electrons. The molecule has 4 heteroatoms. The second-order valence-electron chi connectivity index (χ2n) is 1.76. The Morgan fingerprint density at radius 2 is 1.60 bits per heavy atom. The van der Waals surface area contributed by atoms with Crippen molar-refractivity contribution >= 4 is 37.9 Å². The summed E-state index contributed by atoms with van der Waals surface area (Å²) in [6.45, 7) is 0. The molecule has 0 aliphatic carbocycles. The fourth-order valence-electron chi connectivity index (χ4n) is 0.544. The molecule has 0 saturated heterocycles. The summed E-state index contributed by atoms with van der Waals surface area (Å²) in [5.41, 5.74) is 0. The lowest BCUT2D eigenvalue weighted by Crippen LogP contribution is -1.80. The van der Waals surface area contributed by atoms with Gasteiger partial charge in [-0.15, -0.1) is 37.9 Å². The van der Waals surface area contributed by atoms with E-state index in [1.54, 1.807) is 6.07 Å². The van der Waals surface area contributed by atoms with Gasteiger partial charge in [-0.3, -0.25) is 0 Å². The zero-order chi connectivity index (χ0) is 7.72. The van der Waals surface area contributed by atoms with Crippen LogP contribution in [0.4, 0.5) is 4.39 Å². The monoisotopic (exact) mass is 192 g/mol. The third-order valence-electron chi connectivity index (χ3n) is 1.08. The van der Waals surface area contributed by atoms with Crippen molar-refractivity contribution in [3.05, 3.63) is 17.9 Å². The van der Waals surface area contributed by atoms with E-state index in [-0.39, 0.29) is 10.7 Å². The maximum atomic E-state index is 12.6. The zero-order valence-corrected chi connectivity index (χ0v) is 7.56. The van der Waals surface area contributed by atoms with Gasteiger partial charge in [0.2, 0.25) is 0 Å². The van der Waals surface area contributed by atoms with Crippen LogP contribution < -0.4 is 0 Å². The first-order chi connectivity index (χ1) is 4.63. The van der Waals surface area contributed by atoms with Crippen LogP contribution in [0.1, 0.15) is 0 Å². The molecule has 0 radical (unpaired) electrons. The summed E-state index contributed by atoms with van der Waals surface area (Å²) in [6.07, 6.45) is 0. The van der Waals surface area contributed by atoms with E-state index >= 15 is 0 Å². The average Bonchev–Trinajstić information content (AvgIpc) is 1.93. The SMILES string of the molecule is Fc1ccc(S)c(S)c1S. The maximum Gasteiger partial charge on any atom is 0.137 e.